The highest BCUT2D eigenvalue weighted by molar-refractivity contribution is 5.42. The van der Waals surface area contributed by atoms with Gasteiger partial charge in [-0.15, -0.1) is 0 Å². The van der Waals surface area contributed by atoms with E-state index in [4.69, 9.17) is 15.3 Å². The lowest BCUT2D eigenvalue weighted by Crippen LogP contribution is -2.27. The fraction of sp³-hybridized carbons (Fsp3) is 0.273. The number of para-hydroxylation sites is 1. The molecule has 1 aromatic carbocycles. The van der Waals surface area contributed by atoms with E-state index < -0.39 is 18.7 Å². The molecule has 0 spiro atoms. The second-order valence-corrected chi connectivity index (χ2v) is 3.14. The average molecular weight is 240 g/mol. The molecule has 0 amide bonds. The molecule has 0 aliphatic rings. The number of hydrogen-bond acceptors (Lipinski definition) is 3. The fourth-order valence-corrected chi connectivity index (χ4v) is 1.06. The van der Waals surface area contributed by atoms with Crippen LogP contribution in [-0.2, 0) is 0 Å². The summed E-state index contributed by atoms with van der Waals surface area (Å²) in [6, 6.07) is 8.80. The summed E-state index contributed by atoms with van der Waals surface area (Å²) in [5, 5.41) is 17.0. The Morgan fingerprint density at radius 3 is 2.41 bits per heavy atom. The zero-order valence-electron chi connectivity index (χ0n) is 8.53. The predicted octanol–water partition coefficient (Wildman–Crippen LogP) is 2.64. The first-order chi connectivity index (χ1) is 7.99. The van der Waals surface area contributed by atoms with Crippen LogP contribution in [0.15, 0.2) is 24.3 Å². The molecule has 6 heteroatoms. The number of benzene rings is 1. The molecule has 0 radical (unpaired) electrons. The molecule has 1 atom stereocenters. The van der Waals surface area contributed by atoms with Crippen LogP contribution in [0.3, 0.4) is 0 Å². The Morgan fingerprint density at radius 2 is 1.88 bits per heavy atom. The van der Waals surface area contributed by atoms with Gasteiger partial charge in [0.15, 0.2) is 5.92 Å². The molecule has 0 N–H and O–H groups in total. The van der Waals surface area contributed by atoms with Crippen molar-refractivity contribution < 1.29 is 17.9 Å². The van der Waals surface area contributed by atoms with Crippen molar-refractivity contribution in [2.24, 2.45) is 5.92 Å². The van der Waals surface area contributed by atoms with E-state index in [-0.39, 0.29) is 11.3 Å². The number of nitriles is 2. The minimum Gasteiger partial charge on any atom is -0.490 e. The van der Waals surface area contributed by atoms with Gasteiger partial charge in [0, 0.05) is 0 Å². The molecule has 88 valence electrons. The van der Waals surface area contributed by atoms with E-state index in [1.807, 2.05) is 0 Å². The lowest BCUT2D eigenvalue weighted by molar-refractivity contribution is -0.165. The fourth-order valence-electron chi connectivity index (χ4n) is 1.06. The third-order valence-corrected chi connectivity index (χ3v) is 1.96. The molecular weight excluding hydrogens is 233 g/mol. The van der Waals surface area contributed by atoms with Crippen LogP contribution >= 0.6 is 0 Å². The number of hydrogen-bond donors (Lipinski definition) is 0. The quantitative estimate of drug-likeness (QED) is 0.816. The lowest BCUT2D eigenvalue weighted by Gasteiger charge is -2.14. The maximum Gasteiger partial charge on any atom is 0.407 e. The molecule has 1 rings (SSSR count). The predicted molar refractivity (Wildman–Crippen MR) is 51.8 cm³/mol. The van der Waals surface area contributed by atoms with Gasteiger partial charge >= 0.3 is 6.18 Å². The van der Waals surface area contributed by atoms with Crippen molar-refractivity contribution >= 4 is 0 Å². The van der Waals surface area contributed by atoms with Gasteiger partial charge in [-0.05, 0) is 12.1 Å². The number of nitrogens with zero attached hydrogens (tertiary/aromatic N) is 2. The largest absolute Gasteiger partial charge is 0.490 e. The van der Waals surface area contributed by atoms with Crippen molar-refractivity contribution in [3.8, 4) is 17.9 Å². The molecule has 1 aromatic rings. The Kier molecular flexibility index (Phi) is 3.95. The minimum atomic E-state index is -4.63. The topological polar surface area (TPSA) is 56.8 Å². The first-order valence-corrected chi connectivity index (χ1v) is 4.57. The maximum absolute atomic E-state index is 12.2. The van der Waals surface area contributed by atoms with E-state index in [0.717, 1.165) is 6.07 Å². The van der Waals surface area contributed by atoms with E-state index in [2.05, 4.69) is 0 Å². The summed E-state index contributed by atoms with van der Waals surface area (Å²) >= 11 is 0. The molecule has 0 fully saturated rings. The van der Waals surface area contributed by atoms with Crippen LogP contribution in [-0.4, -0.2) is 12.8 Å². The Morgan fingerprint density at radius 1 is 1.24 bits per heavy atom. The molecule has 17 heavy (non-hydrogen) atoms. The van der Waals surface area contributed by atoms with Gasteiger partial charge in [-0.1, -0.05) is 12.1 Å². The van der Waals surface area contributed by atoms with E-state index >= 15 is 0 Å². The number of alkyl halides is 3. The summed E-state index contributed by atoms with van der Waals surface area (Å²) in [6.07, 6.45) is -4.63. The Balaban J connectivity index is 2.75. The van der Waals surface area contributed by atoms with Crippen molar-refractivity contribution in [2.45, 2.75) is 6.18 Å². The van der Waals surface area contributed by atoms with Gasteiger partial charge in [-0.2, -0.15) is 23.7 Å². The van der Waals surface area contributed by atoms with Crippen molar-refractivity contribution in [3.05, 3.63) is 29.8 Å². The highest BCUT2D eigenvalue weighted by Crippen LogP contribution is 2.27. The maximum atomic E-state index is 12.2. The summed E-state index contributed by atoms with van der Waals surface area (Å²) < 4.78 is 41.6. The minimum absolute atomic E-state index is 0.0412. The summed E-state index contributed by atoms with van der Waals surface area (Å²) in [5.74, 6) is -2.16. The SMILES string of the molecule is N#Cc1ccccc1OCC(C#N)C(F)(F)F. The average Bonchev–Trinajstić information content (AvgIpc) is 2.28. The third-order valence-electron chi connectivity index (χ3n) is 1.96. The molecule has 0 aromatic heterocycles. The van der Waals surface area contributed by atoms with Gasteiger partial charge < -0.3 is 4.74 Å². The summed E-state index contributed by atoms with van der Waals surface area (Å²) in [7, 11) is 0. The highest BCUT2D eigenvalue weighted by atomic mass is 19.4. The Labute approximate surface area is 95.7 Å². The molecule has 0 heterocycles. The van der Waals surface area contributed by atoms with Gasteiger partial charge in [0.05, 0.1) is 11.6 Å². The van der Waals surface area contributed by atoms with Crippen molar-refractivity contribution in [1.29, 1.82) is 10.5 Å². The molecule has 0 aliphatic heterocycles. The normalized spacial score (nSPS) is 12.3. The molecule has 0 bridgehead atoms. The van der Waals surface area contributed by atoms with E-state index in [0.29, 0.717) is 0 Å². The van der Waals surface area contributed by atoms with E-state index in [9.17, 15) is 13.2 Å². The lowest BCUT2D eigenvalue weighted by atomic mass is 10.2. The molecule has 0 aliphatic carbocycles. The van der Waals surface area contributed by atoms with Gasteiger partial charge in [-0.25, -0.2) is 0 Å². The van der Waals surface area contributed by atoms with Gasteiger partial charge in [0.2, 0.25) is 0 Å². The number of halogens is 3. The third kappa shape index (κ3) is 3.39. The molecule has 3 nitrogen and oxygen atoms in total. The van der Waals surface area contributed by atoms with Gasteiger partial charge in [-0.3, -0.25) is 0 Å². The first-order valence-electron chi connectivity index (χ1n) is 4.57. The van der Waals surface area contributed by atoms with Crippen molar-refractivity contribution in [2.75, 3.05) is 6.61 Å². The number of ether oxygens (including phenoxy) is 1. The molecule has 0 saturated heterocycles. The Hall–Kier alpha value is -2.21. The van der Waals surface area contributed by atoms with Crippen LogP contribution in [0.2, 0.25) is 0 Å². The zero-order valence-corrected chi connectivity index (χ0v) is 8.53. The van der Waals surface area contributed by atoms with Crippen LogP contribution in [0.5, 0.6) is 5.75 Å². The van der Waals surface area contributed by atoms with Crippen LogP contribution in [0.25, 0.3) is 0 Å². The summed E-state index contributed by atoms with van der Waals surface area (Å²) in [4.78, 5) is 0. The molecular formula is C11H7F3N2O. The Bertz CT molecular complexity index is 471. The highest BCUT2D eigenvalue weighted by Gasteiger charge is 2.40. The van der Waals surface area contributed by atoms with E-state index in [1.54, 1.807) is 12.1 Å². The van der Waals surface area contributed by atoms with Gasteiger partial charge in [0.25, 0.3) is 0 Å². The standard InChI is InChI=1S/C11H7F3N2O/c12-11(13,14)9(6-16)7-17-10-4-2-1-3-8(10)5-15/h1-4,9H,7H2. The van der Waals surface area contributed by atoms with Crippen LogP contribution in [0, 0.1) is 28.6 Å². The second-order valence-electron chi connectivity index (χ2n) is 3.14. The summed E-state index contributed by atoms with van der Waals surface area (Å²) in [5.41, 5.74) is 0.131. The first kappa shape index (κ1) is 12.9. The zero-order chi connectivity index (χ0) is 12.9. The number of rotatable bonds is 3. The smallest absolute Gasteiger partial charge is 0.407 e. The monoisotopic (exact) mass is 240 g/mol. The molecule has 0 saturated carbocycles. The van der Waals surface area contributed by atoms with Gasteiger partial charge in [0.1, 0.15) is 18.4 Å². The van der Waals surface area contributed by atoms with Crippen LogP contribution in [0.4, 0.5) is 13.2 Å². The van der Waals surface area contributed by atoms with Crippen LogP contribution < -0.4 is 4.74 Å². The van der Waals surface area contributed by atoms with E-state index in [1.165, 1.54) is 18.2 Å². The van der Waals surface area contributed by atoms with Crippen molar-refractivity contribution in [3.63, 3.8) is 0 Å². The summed E-state index contributed by atoms with van der Waals surface area (Å²) in [6.45, 7) is -0.821. The molecule has 1 unspecified atom stereocenters. The second kappa shape index (κ2) is 5.22. The van der Waals surface area contributed by atoms with Crippen LogP contribution in [0.1, 0.15) is 5.56 Å². The van der Waals surface area contributed by atoms with Crippen molar-refractivity contribution in [1.82, 2.24) is 0 Å².